The van der Waals surface area contributed by atoms with Crippen LogP contribution in [0.15, 0.2) is 21.9 Å². The summed E-state index contributed by atoms with van der Waals surface area (Å²) in [5.41, 5.74) is -0.443. The number of ether oxygens (including phenoxy) is 1. The molecule has 0 spiro atoms. The number of carbonyl (C=O) groups excluding carboxylic acids is 1. The Hall–Kier alpha value is -2.48. The number of pyridine rings is 1. The quantitative estimate of drug-likeness (QED) is 0.813. The van der Waals surface area contributed by atoms with E-state index < -0.39 is 11.2 Å². The third-order valence-electron chi connectivity index (χ3n) is 3.35. The fraction of sp³-hybridized carbons (Fsp3) is 0.429. The van der Waals surface area contributed by atoms with Gasteiger partial charge in [-0.15, -0.1) is 0 Å². The maximum absolute atomic E-state index is 12.2. The Balaban J connectivity index is 2.49. The summed E-state index contributed by atoms with van der Waals surface area (Å²) in [5.74, 6) is -0.352. The SMILES string of the molecule is COC[C@@H](C)NC(=O)c1cnc2c(c1)c(=O)n(C)c(=O)n2C. The molecule has 1 atom stereocenters. The number of carbonyl (C=O) groups is 1. The number of fused-ring (bicyclic) bond motifs is 1. The summed E-state index contributed by atoms with van der Waals surface area (Å²) in [4.78, 5) is 40.2. The second-order valence-corrected chi connectivity index (χ2v) is 5.13. The molecule has 2 heterocycles. The molecule has 2 aromatic rings. The highest BCUT2D eigenvalue weighted by atomic mass is 16.5. The van der Waals surface area contributed by atoms with Crippen LogP contribution in [0, 0.1) is 0 Å². The first-order chi connectivity index (χ1) is 10.4. The lowest BCUT2D eigenvalue weighted by atomic mass is 10.2. The Morgan fingerprint density at radius 3 is 2.68 bits per heavy atom. The largest absolute Gasteiger partial charge is 0.383 e. The molecule has 2 aromatic heterocycles. The first-order valence-corrected chi connectivity index (χ1v) is 6.72. The van der Waals surface area contributed by atoms with Crippen molar-refractivity contribution in [2.45, 2.75) is 13.0 Å². The molecule has 0 aromatic carbocycles. The predicted octanol–water partition coefficient (Wildman–Crippen LogP) is -0.603. The molecule has 0 saturated heterocycles. The number of nitrogens with one attached hydrogen (secondary N) is 1. The van der Waals surface area contributed by atoms with Crippen LogP contribution in [0.3, 0.4) is 0 Å². The van der Waals surface area contributed by atoms with Gasteiger partial charge in [-0.1, -0.05) is 0 Å². The lowest BCUT2D eigenvalue weighted by Gasteiger charge is -2.13. The summed E-state index contributed by atoms with van der Waals surface area (Å²) in [6, 6.07) is 1.27. The van der Waals surface area contributed by atoms with E-state index in [1.165, 1.54) is 30.9 Å². The first-order valence-electron chi connectivity index (χ1n) is 6.72. The molecule has 118 valence electrons. The van der Waals surface area contributed by atoms with Crippen LogP contribution in [0.25, 0.3) is 11.0 Å². The molecule has 0 unspecified atom stereocenters. The molecule has 1 N–H and O–H groups in total. The van der Waals surface area contributed by atoms with Crippen LogP contribution in [-0.2, 0) is 18.8 Å². The number of hydrogen-bond donors (Lipinski definition) is 1. The maximum Gasteiger partial charge on any atom is 0.332 e. The minimum atomic E-state index is -0.481. The molecule has 8 heteroatoms. The third-order valence-corrected chi connectivity index (χ3v) is 3.35. The van der Waals surface area contributed by atoms with E-state index in [1.54, 1.807) is 14.0 Å². The van der Waals surface area contributed by atoms with Gasteiger partial charge in [0.1, 0.15) is 5.65 Å². The van der Waals surface area contributed by atoms with Gasteiger partial charge in [0.05, 0.1) is 17.6 Å². The zero-order valence-corrected chi connectivity index (χ0v) is 12.9. The van der Waals surface area contributed by atoms with Gasteiger partial charge in [-0.3, -0.25) is 18.7 Å². The van der Waals surface area contributed by atoms with Gasteiger partial charge < -0.3 is 10.1 Å². The van der Waals surface area contributed by atoms with E-state index in [1.807, 2.05) is 0 Å². The van der Waals surface area contributed by atoms with Crippen molar-refractivity contribution in [1.82, 2.24) is 19.4 Å². The molecule has 0 fully saturated rings. The number of hydrogen-bond acceptors (Lipinski definition) is 5. The number of aryl methyl sites for hydroxylation is 1. The van der Waals surface area contributed by atoms with E-state index in [0.717, 1.165) is 4.57 Å². The van der Waals surface area contributed by atoms with Crippen molar-refractivity contribution in [2.75, 3.05) is 13.7 Å². The maximum atomic E-state index is 12.2. The summed E-state index contributed by atoms with van der Waals surface area (Å²) in [5, 5.41) is 2.96. The van der Waals surface area contributed by atoms with E-state index in [2.05, 4.69) is 10.3 Å². The zero-order chi connectivity index (χ0) is 16.4. The van der Waals surface area contributed by atoms with Gasteiger partial charge in [-0.2, -0.15) is 0 Å². The predicted molar refractivity (Wildman–Crippen MR) is 81.0 cm³/mol. The molecular weight excluding hydrogens is 288 g/mol. The van der Waals surface area contributed by atoms with E-state index in [4.69, 9.17) is 4.74 Å². The zero-order valence-electron chi connectivity index (χ0n) is 12.9. The normalized spacial score (nSPS) is 12.4. The molecule has 22 heavy (non-hydrogen) atoms. The van der Waals surface area contributed by atoms with Gasteiger partial charge in [-0.05, 0) is 13.0 Å². The van der Waals surface area contributed by atoms with Gasteiger partial charge in [0, 0.05) is 33.4 Å². The highest BCUT2D eigenvalue weighted by Crippen LogP contribution is 2.07. The van der Waals surface area contributed by atoms with E-state index >= 15 is 0 Å². The monoisotopic (exact) mass is 306 g/mol. The average molecular weight is 306 g/mol. The summed E-state index contributed by atoms with van der Waals surface area (Å²) in [6.45, 7) is 2.18. The molecule has 0 bridgehead atoms. The molecule has 0 radical (unpaired) electrons. The van der Waals surface area contributed by atoms with Crippen molar-refractivity contribution in [3.05, 3.63) is 38.7 Å². The topological polar surface area (TPSA) is 95.2 Å². The van der Waals surface area contributed by atoms with E-state index in [9.17, 15) is 14.4 Å². The van der Waals surface area contributed by atoms with Crippen LogP contribution in [0.4, 0.5) is 0 Å². The molecule has 8 nitrogen and oxygen atoms in total. The molecule has 1 amide bonds. The average Bonchev–Trinajstić information content (AvgIpc) is 2.50. The molecule has 0 aliphatic heterocycles. The Labute approximate surface area is 126 Å². The summed E-state index contributed by atoms with van der Waals surface area (Å²) in [6.07, 6.45) is 1.34. The van der Waals surface area contributed by atoms with Crippen molar-refractivity contribution in [3.8, 4) is 0 Å². The number of amides is 1. The first kappa shape index (κ1) is 15.9. The van der Waals surface area contributed by atoms with Gasteiger partial charge in [0.2, 0.25) is 0 Å². The van der Waals surface area contributed by atoms with Crippen LogP contribution < -0.4 is 16.6 Å². The minimum Gasteiger partial charge on any atom is -0.383 e. The Morgan fingerprint density at radius 2 is 2.05 bits per heavy atom. The Kier molecular flexibility index (Phi) is 4.41. The Morgan fingerprint density at radius 1 is 1.36 bits per heavy atom. The van der Waals surface area contributed by atoms with E-state index in [-0.39, 0.29) is 28.5 Å². The molecule has 0 aliphatic rings. The second-order valence-electron chi connectivity index (χ2n) is 5.13. The fourth-order valence-electron chi connectivity index (χ4n) is 2.19. The number of rotatable bonds is 4. The molecule has 0 saturated carbocycles. The smallest absolute Gasteiger partial charge is 0.332 e. The van der Waals surface area contributed by atoms with Gasteiger partial charge in [-0.25, -0.2) is 9.78 Å². The second kappa shape index (κ2) is 6.10. The highest BCUT2D eigenvalue weighted by molar-refractivity contribution is 5.96. The van der Waals surface area contributed by atoms with Gasteiger partial charge >= 0.3 is 5.69 Å². The summed E-state index contributed by atoms with van der Waals surface area (Å²) < 4.78 is 7.21. The number of nitrogens with zero attached hydrogens (tertiary/aromatic N) is 3. The minimum absolute atomic E-state index is 0.170. The molecular formula is C14H18N4O4. The van der Waals surface area contributed by atoms with E-state index in [0.29, 0.717) is 6.61 Å². The van der Waals surface area contributed by atoms with Crippen molar-refractivity contribution >= 4 is 16.9 Å². The van der Waals surface area contributed by atoms with Crippen LogP contribution >= 0.6 is 0 Å². The van der Waals surface area contributed by atoms with Crippen LogP contribution in [-0.4, -0.2) is 39.8 Å². The van der Waals surface area contributed by atoms with Gasteiger partial charge in [0.25, 0.3) is 11.5 Å². The molecule has 0 aliphatic carbocycles. The summed E-state index contributed by atoms with van der Waals surface area (Å²) in [7, 11) is 4.46. The van der Waals surface area contributed by atoms with Crippen molar-refractivity contribution in [3.63, 3.8) is 0 Å². The van der Waals surface area contributed by atoms with Crippen molar-refractivity contribution in [1.29, 1.82) is 0 Å². The lowest BCUT2D eigenvalue weighted by molar-refractivity contribution is 0.0905. The van der Waals surface area contributed by atoms with Crippen LogP contribution in [0.5, 0.6) is 0 Å². The number of methoxy groups -OCH3 is 1. The highest BCUT2D eigenvalue weighted by Gasteiger charge is 2.14. The molecule has 2 rings (SSSR count). The Bertz CT molecular complexity index is 837. The summed E-state index contributed by atoms with van der Waals surface area (Å²) >= 11 is 0. The fourth-order valence-corrected chi connectivity index (χ4v) is 2.19. The van der Waals surface area contributed by atoms with Crippen LogP contribution in [0.2, 0.25) is 0 Å². The van der Waals surface area contributed by atoms with Crippen molar-refractivity contribution < 1.29 is 9.53 Å². The van der Waals surface area contributed by atoms with Crippen molar-refractivity contribution in [2.24, 2.45) is 14.1 Å². The van der Waals surface area contributed by atoms with Gasteiger partial charge in [0.15, 0.2) is 0 Å². The number of aromatic nitrogens is 3. The standard InChI is InChI=1S/C14H18N4O4/c1-8(7-22-4)16-12(19)9-5-10-11(15-6-9)17(2)14(21)18(3)13(10)20/h5-6,8H,7H2,1-4H3,(H,16,19)/t8-/m1/s1. The third kappa shape index (κ3) is 2.77. The van der Waals surface area contributed by atoms with Crippen LogP contribution in [0.1, 0.15) is 17.3 Å². The lowest BCUT2D eigenvalue weighted by Crippen LogP contribution is -2.38.